The zero-order valence-electron chi connectivity index (χ0n) is 73.0. The summed E-state index contributed by atoms with van der Waals surface area (Å²) in [6.07, 6.45) is 1.09. The Labute approximate surface area is 762 Å². The first-order valence-electron chi connectivity index (χ1n) is 38.3. The van der Waals surface area contributed by atoms with E-state index in [4.69, 9.17) is 38.8 Å². The second-order valence-electron chi connectivity index (χ2n) is 28.9. The van der Waals surface area contributed by atoms with E-state index in [0.717, 1.165) is 66.4 Å². The molecule has 13 rings (SSSR count). The van der Waals surface area contributed by atoms with Crippen molar-refractivity contribution in [3.05, 3.63) is 219 Å². The zero-order chi connectivity index (χ0) is 90.4. The number of aliphatic hydroxyl groups excluding tert-OH is 3. The molecular weight excluding hydrogens is 1770 g/mol. The number of thiazole rings is 2. The van der Waals surface area contributed by atoms with Crippen molar-refractivity contribution in [1.82, 2.24) is 61.6 Å². The number of Topliss-reactive ketones (excluding diaryl/α,β-unsaturated/α-hetero) is 1. The van der Waals surface area contributed by atoms with Gasteiger partial charge in [-0.2, -0.15) is 26.0 Å². The predicted molar refractivity (Wildman–Crippen MR) is 461 cm³/mol. The Morgan fingerprint density at radius 1 is 0.621 bits per heavy atom. The molecule has 9 aromatic heterocycles. The minimum absolute atomic E-state index is 0. The van der Waals surface area contributed by atoms with Crippen molar-refractivity contribution in [3.8, 4) is 33.0 Å². The molecule has 124 heavy (non-hydrogen) atoms. The van der Waals surface area contributed by atoms with Gasteiger partial charge in [0.2, 0.25) is 23.3 Å². The van der Waals surface area contributed by atoms with Crippen molar-refractivity contribution < 1.29 is 121 Å². The number of nitrogens with zero attached hydrogens (tertiary/aromatic N) is 9. The van der Waals surface area contributed by atoms with Crippen molar-refractivity contribution in [1.29, 1.82) is 10.5 Å². The van der Waals surface area contributed by atoms with Gasteiger partial charge in [-0.25, -0.2) is 19.6 Å². The third-order valence-electron chi connectivity index (χ3n) is 17.4. The predicted octanol–water partition coefficient (Wildman–Crippen LogP) is 8.41. The molecule has 3 radical (unpaired) electrons. The fraction of sp³-hybridized carbons (Fsp3) is 0.434. The molecule has 2 fully saturated rings. The largest absolute Gasteiger partial charge is 1.00 e. The minimum Gasteiger partial charge on any atom is -1.00 e. The Morgan fingerprint density at radius 3 is 1.48 bits per heavy atom. The van der Waals surface area contributed by atoms with Crippen LogP contribution in [0.25, 0.3) is 20.9 Å². The number of carbonyl (C=O) groups is 6. The van der Waals surface area contributed by atoms with Crippen LogP contribution in [0.15, 0.2) is 148 Å². The molecule has 11 aromatic rings. The molecule has 0 bridgehead atoms. The molecule has 3 unspecified atom stereocenters. The Morgan fingerprint density at radius 2 is 1.10 bits per heavy atom. The standard InChI is InChI=1S/C24H28N4O5S.C17H20N2O2S.C9H12N2O.C8H11NO4.C6H6N2O.C6H7NO3.C5H5NO4.C5H7NO2.C3H7I.B.Na.H/c1-13(2)21(19-9-20(30)27-33-19)24(32)28-11-17(29)8-18(28)23(31)25-10-15-4-6-16(7-5-15)22-14(3)26-12-34-22;1-11-17(22-10-19-11)13-5-2-12(3-6-13)4-7-16(21)15-8-14(20)9-18-15;1-6(2)8(5-10)9-4-7(3)11-12-9;1-4(2)7(8(11)12)5-3-6(10)9-13-5;1-5-4-6(2-3-7)9-8-5;1-4-3-5(10-7-4)6(8)9-2;1-9-5(8)3-2-4(7)6-10-3;1-4-2-5(3-7)8-6-4;1-3(2)4;;;/h4-7,9,12-13,17-18,21,29H,8,10-11H2,1-3H3,(H,25,31)(H,27,30);2-3,5-6,10,14-15,18,20H,4,7-9H2,1H3;4,6,8H,1-3H3;3-4,7H,1-2H3,(H,9,10)(H,11,12);4H,2H2,1H3;3H,1-2H3;2H,1H3,(H,6,7);2,7H,3H2,1H3;3H,1-2H3;;;/q;;;;;;;;;;+1;-1/t17-,18+,21?;14-,15+;;;;;;;;;;/m11........../s1. The van der Waals surface area contributed by atoms with Crippen LogP contribution in [-0.2, 0) is 54.6 Å². The number of carboxylic acids is 1. The smallest absolute Gasteiger partial charge is 1.00 e. The number of β-amino-alcohol motifs (C(OH)–C–C–N with tert-alkyl or cyclic N) is 2. The average molecular weight is 1870 g/mol. The quantitative estimate of drug-likeness (QED) is 0.0141. The molecule has 7 atom stereocenters. The summed E-state index contributed by atoms with van der Waals surface area (Å²) >= 11 is 5.57. The number of carbonyl (C=O) groups excluding carboxylic acids is 5. The Bertz CT molecular complexity index is 5330. The van der Waals surface area contributed by atoms with Crippen LogP contribution in [0.2, 0.25) is 0 Å². The van der Waals surface area contributed by atoms with Crippen LogP contribution in [-0.4, -0.2) is 171 Å². The summed E-state index contributed by atoms with van der Waals surface area (Å²) in [4.78, 5) is 115. The first-order chi connectivity index (χ1) is 57.9. The van der Waals surface area contributed by atoms with E-state index < -0.39 is 58.6 Å². The van der Waals surface area contributed by atoms with Gasteiger partial charge in [-0.15, -0.1) is 22.7 Å². The molecule has 2 amide bonds. The van der Waals surface area contributed by atoms with Crippen LogP contribution in [0.1, 0.15) is 189 Å². The number of benzene rings is 2. The Balaban J connectivity index is 0.000000507. The van der Waals surface area contributed by atoms with Gasteiger partial charge in [0, 0.05) is 81.2 Å². The van der Waals surface area contributed by atoms with Gasteiger partial charge in [-0.05, 0) is 94.4 Å². The first-order valence-corrected chi connectivity index (χ1v) is 41.3. The summed E-state index contributed by atoms with van der Waals surface area (Å²) in [5.41, 5.74) is 11.9. The van der Waals surface area contributed by atoms with Crippen molar-refractivity contribution in [3.63, 3.8) is 0 Å². The van der Waals surface area contributed by atoms with Crippen molar-refractivity contribution in [2.75, 3.05) is 27.3 Å². The fourth-order valence-electron chi connectivity index (χ4n) is 11.5. The van der Waals surface area contributed by atoms with E-state index in [1.165, 1.54) is 47.8 Å². The summed E-state index contributed by atoms with van der Waals surface area (Å²) in [6, 6.07) is 29.6. The number of nitriles is 2. The van der Waals surface area contributed by atoms with E-state index in [-0.39, 0.29) is 135 Å². The van der Waals surface area contributed by atoms with Crippen molar-refractivity contribution in [2.24, 2.45) is 17.8 Å². The zero-order valence-corrected chi connectivity index (χ0v) is 77.8. The number of hydrogen-bond acceptors (Lipinski definition) is 32. The topological polar surface area (TPSA) is 545 Å². The minimum atomic E-state index is -0.988. The molecule has 661 valence electrons. The Kier molecular flexibility index (Phi) is 47.4. The number of halogens is 1. The summed E-state index contributed by atoms with van der Waals surface area (Å²) in [5.74, 6) is -2.09. The number of ketones is 1. The van der Waals surface area contributed by atoms with Gasteiger partial charge in [-0.3, -0.25) is 33.6 Å². The van der Waals surface area contributed by atoms with E-state index in [9.17, 15) is 53.4 Å². The summed E-state index contributed by atoms with van der Waals surface area (Å²) in [7, 11) is 2.50. The van der Waals surface area contributed by atoms with Gasteiger partial charge in [0.25, 0.3) is 16.7 Å². The molecular formula is C83H104BIN14NaO22S2. The third-order valence-corrected chi connectivity index (χ3v) is 19.4. The number of ether oxygens (including phenoxy) is 2. The average Bonchev–Trinajstić information content (AvgIpc) is 1.61. The second kappa shape index (κ2) is 54.7. The number of carboxylic acid groups (broad SMARTS) is 1. The number of esters is 2. The molecule has 0 spiro atoms. The number of aliphatic hydroxyl groups is 3. The van der Waals surface area contributed by atoms with Crippen molar-refractivity contribution in [2.45, 2.75) is 188 Å². The van der Waals surface area contributed by atoms with Gasteiger partial charge < -0.3 is 78.5 Å². The molecule has 36 nitrogen and oxygen atoms in total. The van der Waals surface area contributed by atoms with E-state index in [1.807, 2.05) is 115 Å². The summed E-state index contributed by atoms with van der Waals surface area (Å²) < 4.78 is 42.7. The third kappa shape index (κ3) is 35.8. The number of hydrogen-bond donors (Lipinski definition) is 9. The number of aromatic amines is 3. The maximum Gasteiger partial charge on any atom is 1.00 e. The van der Waals surface area contributed by atoms with E-state index in [0.29, 0.717) is 55.3 Å². The Hall–Kier alpha value is -10.8. The number of likely N-dealkylation sites (tertiary alicyclic amines) is 1. The molecule has 2 aromatic carbocycles. The number of methoxy groups -OCH3 is 2. The second-order valence-corrected chi connectivity index (χ2v) is 33.1. The van der Waals surface area contributed by atoms with Gasteiger partial charge in [-0.1, -0.05) is 147 Å². The van der Waals surface area contributed by atoms with Gasteiger partial charge in [0.05, 0.1) is 112 Å². The number of nitrogens with one attached hydrogen (secondary N) is 5. The number of alkyl halides is 1. The molecule has 0 aliphatic carbocycles. The van der Waals surface area contributed by atoms with Crippen LogP contribution in [0.3, 0.4) is 0 Å². The van der Waals surface area contributed by atoms with Gasteiger partial charge in [0.15, 0.2) is 28.8 Å². The molecule has 0 saturated carbocycles. The number of aryl methyl sites for hydroxylation is 7. The van der Waals surface area contributed by atoms with Crippen LogP contribution in [0.4, 0.5) is 0 Å². The van der Waals surface area contributed by atoms with E-state index >= 15 is 0 Å². The van der Waals surface area contributed by atoms with Crippen LogP contribution in [0, 0.1) is 82.0 Å². The van der Waals surface area contributed by atoms with Crippen LogP contribution >= 0.6 is 45.3 Å². The van der Waals surface area contributed by atoms with E-state index in [1.54, 1.807) is 55.6 Å². The maximum atomic E-state index is 13.4. The molecule has 11 heterocycles. The van der Waals surface area contributed by atoms with Gasteiger partial charge in [0.1, 0.15) is 36.2 Å². The number of rotatable bonds is 21. The maximum absolute atomic E-state index is 13.4. The van der Waals surface area contributed by atoms with Crippen LogP contribution in [0.5, 0.6) is 0 Å². The number of amides is 2. The molecule has 2 aliphatic heterocycles. The number of H-pyrrole nitrogens is 3. The van der Waals surface area contributed by atoms with Crippen molar-refractivity contribution >= 4 is 89.2 Å². The molecule has 41 heteroatoms. The number of aromatic nitrogens is 9. The normalized spacial score (nSPS) is 14.6. The molecule has 2 aliphatic rings. The SMILES string of the molecule is CC(C)C(C(=O)O)c1cc(=O)[nH]o1.CC(C)I.COC(=O)c1cc(=O)[nH]o1.COC(=O)c1cc(C)no1.Cc1cc(C(C#N)C(C)C)on1.Cc1cc(CC#N)on1.Cc1cc(CO)on1.Cc1ncsc1-c1ccc(CCC(=O)[C@@H]2C[C@@H](O)CN2)cc1.Cc1ncsc1-c1ccc(CNC(=O)[C@@H]2C[C@@H](O)CN2C(=O)C(c2cc(=O)[nH]o2)C(C)C)cc1.[B].[H-].[Na+]. The molecule has 2 saturated heterocycles. The van der Waals surface area contributed by atoms with E-state index in [2.05, 4.69) is 141 Å². The van der Waals surface area contributed by atoms with Gasteiger partial charge >= 0.3 is 47.5 Å². The fourth-order valence-corrected chi connectivity index (χ4v) is 13.1. The first kappa shape index (κ1) is 107. The monoisotopic (exact) mass is 1870 g/mol. The van der Waals surface area contributed by atoms with Crippen LogP contribution < -0.4 is 56.9 Å². The summed E-state index contributed by atoms with van der Waals surface area (Å²) in [6.45, 7) is 27.5. The molecule has 9 N–H and O–H groups in total. The number of aliphatic carboxylic acids is 1. The summed E-state index contributed by atoms with van der Waals surface area (Å²) in [5, 5.41) is 80.6.